The minimum atomic E-state index is 0.0283. The highest BCUT2D eigenvalue weighted by atomic mass is 32.1. The fourth-order valence-electron chi connectivity index (χ4n) is 1.41. The van der Waals surface area contributed by atoms with Crippen molar-refractivity contribution in [1.29, 1.82) is 0 Å². The van der Waals surface area contributed by atoms with Crippen LogP contribution in [0.3, 0.4) is 0 Å². The summed E-state index contributed by atoms with van der Waals surface area (Å²) in [5.41, 5.74) is 1.22. The molecule has 0 aliphatic carbocycles. The minimum absolute atomic E-state index is 0.0283. The van der Waals surface area contributed by atoms with E-state index in [2.05, 4.69) is 44.6 Å². The Morgan fingerprint density at radius 2 is 2.00 bits per heavy atom. The third kappa shape index (κ3) is 3.74. The predicted octanol–water partition coefficient (Wildman–Crippen LogP) is 3.64. The maximum Gasteiger partial charge on any atom is 0.130 e. The van der Waals surface area contributed by atoms with E-state index in [-0.39, 0.29) is 5.41 Å². The topological polar surface area (TPSA) is 28.7 Å². The Morgan fingerprint density at radius 3 is 2.47 bits per heavy atom. The largest absolute Gasteiger partial charge is 0.347 e. The Labute approximate surface area is 97.1 Å². The van der Waals surface area contributed by atoms with Gasteiger partial charge in [0.2, 0.25) is 0 Å². The van der Waals surface area contributed by atoms with Gasteiger partial charge >= 0.3 is 0 Å². The van der Waals surface area contributed by atoms with Crippen molar-refractivity contribution in [3.8, 4) is 0 Å². The molecule has 0 saturated carbocycles. The number of nitrogens with one attached hydrogen (secondary N) is 1. The van der Waals surface area contributed by atoms with Gasteiger partial charge in [0.15, 0.2) is 0 Å². The van der Waals surface area contributed by atoms with Gasteiger partial charge in [-0.3, -0.25) is 0 Å². The molecule has 84 valence electrons. The first-order valence-electron chi connectivity index (χ1n) is 5.40. The van der Waals surface area contributed by atoms with Crippen LogP contribution in [-0.4, -0.2) is 9.97 Å². The first kappa shape index (κ1) is 12.4. The monoisotopic (exact) mass is 224 g/mol. The molecular formula is C12H20N2S. The molecule has 1 heterocycles. The second-order valence-corrected chi connectivity index (χ2v) is 5.86. The van der Waals surface area contributed by atoms with Crippen molar-refractivity contribution in [3.63, 3.8) is 0 Å². The molecule has 1 aromatic rings. The molecule has 1 aromatic heterocycles. The van der Waals surface area contributed by atoms with Crippen LogP contribution in [0.15, 0.2) is 6.07 Å². The van der Waals surface area contributed by atoms with Crippen molar-refractivity contribution in [2.75, 3.05) is 0 Å². The Kier molecular flexibility index (Phi) is 3.66. The molecule has 15 heavy (non-hydrogen) atoms. The number of nitrogens with zero attached hydrogens (tertiary/aromatic N) is 1. The number of hydrogen-bond acceptors (Lipinski definition) is 2. The lowest BCUT2D eigenvalue weighted by Crippen LogP contribution is -2.17. The van der Waals surface area contributed by atoms with Gasteiger partial charge in [0.1, 0.15) is 10.5 Å². The van der Waals surface area contributed by atoms with Gasteiger partial charge in [0.25, 0.3) is 0 Å². The van der Waals surface area contributed by atoms with Gasteiger partial charge in [-0.15, -0.1) is 0 Å². The van der Waals surface area contributed by atoms with E-state index < -0.39 is 0 Å². The van der Waals surface area contributed by atoms with Crippen molar-refractivity contribution in [3.05, 3.63) is 22.2 Å². The van der Waals surface area contributed by atoms with Crippen molar-refractivity contribution < 1.29 is 0 Å². The first-order chi connectivity index (χ1) is 6.79. The lowest BCUT2D eigenvalue weighted by Gasteiger charge is -2.18. The third-order valence-electron chi connectivity index (χ3n) is 2.14. The molecule has 0 aliphatic heterocycles. The molecule has 0 radical (unpaired) electrons. The van der Waals surface area contributed by atoms with Crippen LogP contribution in [0.1, 0.15) is 46.1 Å². The van der Waals surface area contributed by atoms with Crippen molar-refractivity contribution >= 4 is 12.2 Å². The summed E-state index contributed by atoms with van der Waals surface area (Å²) in [4.78, 5) is 7.75. The average molecular weight is 224 g/mol. The molecule has 0 atom stereocenters. The van der Waals surface area contributed by atoms with E-state index in [4.69, 9.17) is 12.2 Å². The minimum Gasteiger partial charge on any atom is -0.347 e. The summed E-state index contributed by atoms with van der Waals surface area (Å²) in [6, 6.07) is 1.96. The quantitative estimate of drug-likeness (QED) is 0.777. The zero-order chi connectivity index (χ0) is 11.6. The molecule has 0 fully saturated rings. The second-order valence-electron chi connectivity index (χ2n) is 5.44. The molecule has 0 bridgehead atoms. The highest BCUT2D eigenvalue weighted by Crippen LogP contribution is 2.18. The third-order valence-corrected chi connectivity index (χ3v) is 2.35. The SMILES string of the molecule is CC(C)Cc1cc(=S)nc(C(C)(C)C)[nH]1. The molecule has 3 heteroatoms. The first-order valence-corrected chi connectivity index (χ1v) is 5.80. The highest BCUT2D eigenvalue weighted by Gasteiger charge is 2.16. The molecule has 0 amide bonds. The van der Waals surface area contributed by atoms with Crippen LogP contribution in [0.4, 0.5) is 0 Å². The molecule has 0 saturated heterocycles. The number of hydrogen-bond donors (Lipinski definition) is 1. The number of aromatic amines is 1. The van der Waals surface area contributed by atoms with Crippen LogP contribution in [-0.2, 0) is 11.8 Å². The molecule has 0 aromatic carbocycles. The van der Waals surface area contributed by atoms with Crippen LogP contribution < -0.4 is 0 Å². The maximum absolute atomic E-state index is 5.18. The Bertz CT molecular complexity index is 385. The lowest BCUT2D eigenvalue weighted by atomic mass is 9.95. The fourth-order valence-corrected chi connectivity index (χ4v) is 1.65. The Balaban J connectivity index is 3.11. The lowest BCUT2D eigenvalue weighted by molar-refractivity contribution is 0.534. The van der Waals surface area contributed by atoms with Gasteiger partial charge in [0, 0.05) is 11.1 Å². The van der Waals surface area contributed by atoms with E-state index in [0.29, 0.717) is 10.6 Å². The Morgan fingerprint density at radius 1 is 1.40 bits per heavy atom. The predicted molar refractivity (Wildman–Crippen MR) is 66.7 cm³/mol. The fraction of sp³-hybridized carbons (Fsp3) is 0.667. The zero-order valence-corrected chi connectivity index (χ0v) is 11.0. The van der Waals surface area contributed by atoms with Gasteiger partial charge in [-0.25, -0.2) is 4.98 Å². The summed E-state index contributed by atoms with van der Waals surface area (Å²) in [5.74, 6) is 1.61. The van der Waals surface area contributed by atoms with E-state index in [1.54, 1.807) is 0 Å². The normalized spacial score (nSPS) is 12.1. The summed E-state index contributed by atoms with van der Waals surface area (Å²) in [5, 5.41) is 0. The van der Waals surface area contributed by atoms with E-state index in [9.17, 15) is 0 Å². The smallest absolute Gasteiger partial charge is 0.130 e. The summed E-state index contributed by atoms with van der Waals surface area (Å²) in [7, 11) is 0. The molecule has 0 spiro atoms. The standard InChI is InChI=1S/C12H20N2S/c1-8(2)6-9-7-10(15)14-11(13-9)12(3,4)5/h7-8H,6H2,1-5H3,(H,13,14,15). The number of H-pyrrole nitrogens is 1. The van der Waals surface area contributed by atoms with Gasteiger partial charge in [-0.05, 0) is 18.4 Å². The average Bonchev–Trinajstić information content (AvgIpc) is 1.99. The summed E-state index contributed by atoms with van der Waals surface area (Å²) in [6.07, 6.45) is 1.02. The van der Waals surface area contributed by atoms with E-state index in [1.165, 1.54) is 5.69 Å². The van der Waals surface area contributed by atoms with Gasteiger partial charge < -0.3 is 4.98 Å². The van der Waals surface area contributed by atoms with Gasteiger partial charge in [-0.2, -0.15) is 0 Å². The van der Waals surface area contributed by atoms with E-state index >= 15 is 0 Å². The van der Waals surface area contributed by atoms with Crippen LogP contribution in [0.25, 0.3) is 0 Å². The molecule has 2 nitrogen and oxygen atoms in total. The van der Waals surface area contributed by atoms with Gasteiger partial charge in [-0.1, -0.05) is 46.8 Å². The zero-order valence-electron chi connectivity index (χ0n) is 10.2. The summed E-state index contributed by atoms with van der Waals surface area (Å²) >= 11 is 5.18. The van der Waals surface area contributed by atoms with E-state index in [0.717, 1.165) is 12.2 Å². The molecule has 1 rings (SSSR count). The van der Waals surface area contributed by atoms with Crippen molar-refractivity contribution in [2.24, 2.45) is 5.92 Å². The van der Waals surface area contributed by atoms with Crippen molar-refractivity contribution in [2.45, 2.75) is 46.5 Å². The van der Waals surface area contributed by atoms with Crippen LogP contribution >= 0.6 is 12.2 Å². The van der Waals surface area contributed by atoms with Crippen LogP contribution in [0, 0.1) is 10.6 Å². The molecule has 0 unspecified atom stereocenters. The van der Waals surface area contributed by atoms with Crippen LogP contribution in [0.2, 0.25) is 0 Å². The highest BCUT2D eigenvalue weighted by molar-refractivity contribution is 7.71. The summed E-state index contributed by atoms with van der Waals surface area (Å²) < 4.78 is 0.689. The summed E-state index contributed by atoms with van der Waals surface area (Å²) in [6.45, 7) is 10.8. The molecular weight excluding hydrogens is 204 g/mol. The Hall–Kier alpha value is -0.700. The van der Waals surface area contributed by atoms with Crippen molar-refractivity contribution in [1.82, 2.24) is 9.97 Å². The second kappa shape index (κ2) is 4.44. The molecule has 1 N–H and O–H groups in total. The van der Waals surface area contributed by atoms with E-state index in [1.807, 2.05) is 6.07 Å². The van der Waals surface area contributed by atoms with Crippen LogP contribution in [0.5, 0.6) is 0 Å². The van der Waals surface area contributed by atoms with Gasteiger partial charge in [0.05, 0.1) is 0 Å². The number of rotatable bonds is 2. The number of aromatic nitrogens is 2. The maximum atomic E-state index is 5.18. The molecule has 0 aliphatic rings.